The first kappa shape index (κ1) is 20.3. The molecule has 0 unspecified atom stereocenters. The normalized spacial score (nSPS) is 11.2. The van der Waals surface area contributed by atoms with Crippen LogP contribution in [0.2, 0.25) is 0 Å². The predicted octanol–water partition coefficient (Wildman–Crippen LogP) is 5.75. The van der Waals surface area contributed by atoms with Gasteiger partial charge in [-0.2, -0.15) is 0 Å². The molecule has 0 N–H and O–H groups in total. The minimum absolute atomic E-state index is 0.243. The first-order valence-corrected chi connectivity index (χ1v) is 10.3. The fourth-order valence-corrected chi connectivity index (χ4v) is 3.38. The maximum absolute atomic E-state index is 6.00. The van der Waals surface area contributed by atoms with Crippen molar-refractivity contribution in [2.45, 2.75) is 59.3 Å². The Morgan fingerprint density at radius 3 is 2.29 bits per heavy atom. The number of rotatable bonds is 11. The van der Waals surface area contributed by atoms with Gasteiger partial charge in [0, 0.05) is 0 Å². The van der Waals surface area contributed by atoms with E-state index in [4.69, 9.17) is 9.47 Å². The maximum Gasteiger partial charge on any atom is 0.189 e. The molecule has 28 heavy (non-hydrogen) atoms. The minimum Gasteiger partial charge on any atom is -0.465 e. The molecule has 0 fully saturated rings. The van der Waals surface area contributed by atoms with E-state index >= 15 is 0 Å². The lowest BCUT2D eigenvalue weighted by molar-refractivity contribution is 0.0130. The molecule has 0 aliphatic heterocycles. The molecule has 0 amide bonds. The van der Waals surface area contributed by atoms with E-state index in [1.165, 1.54) is 32.1 Å². The van der Waals surface area contributed by atoms with Gasteiger partial charge in [-0.25, -0.2) is 0 Å². The molecule has 0 radical (unpaired) electrons. The van der Waals surface area contributed by atoms with E-state index in [2.05, 4.69) is 36.2 Å². The SMILES string of the molecule is CCCCCCCCOCOc1c(C)cc(C)cc1-n1nc2ccccc2n1. The molecule has 0 bridgehead atoms. The van der Waals surface area contributed by atoms with Gasteiger partial charge in [0.15, 0.2) is 12.5 Å². The van der Waals surface area contributed by atoms with Crippen molar-refractivity contribution in [2.24, 2.45) is 0 Å². The monoisotopic (exact) mass is 381 g/mol. The highest BCUT2D eigenvalue weighted by atomic mass is 16.7. The lowest BCUT2D eigenvalue weighted by atomic mass is 10.1. The molecule has 0 saturated heterocycles. The van der Waals surface area contributed by atoms with Crippen LogP contribution in [-0.4, -0.2) is 28.4 Å². The van der Waals surface area contributed by atoms with Crippen molar-refractivity contribution in [3.8, 4) is 11.4 Å². The van der Waals surface area contributed by atoms with Crippen LogP contribution in [0.4, 0.5) is 0 Å². The molecule has 3 aromatic rings. The van der Waals surface area contributed by atoms with Gasteiger partial charge in [0.1, 0.15) is 16.7 Å². The summed E-state index contributed by atoms with van der Waals surface area (Å²) < 4.78 is 11.7. The minimum atomic E-state index is 0.243. The highest BCUT2D eigenvalue weighted by molar-refractivity contribution is 5.73. The Labute approximate surface area is 167 Å². The van der Waals surface area contributed by atoms with E-state index in [1.807, 2.05) is 31.2 Å². The second-order valence-electron chi connectivity index (χ2n) is 7.35. The van der Waals surface area contributed by atoms with Crippen LogP contribution in [0.15, 0.2) is 36.4 Å². The number of hydrogen-bond acceptors (Lipinski definition) is 4. The first-order valence-electron chi connectivity index (χ1n) is 10.3. The van der Waals surface area contributed by atoms with E-state index < -0.39 is 0 Å². The molecule has 150 valence electrons. The fraction of sp³-hybridized carbons (Fsp3) is 0.478. The van der Waals surface area contributed by atoms with Crippen LogP contribution in [0.1, 0.15) is 56.6 Å². The summed E-state index contributed by atoms with van der Waals surface area (Å²) in [6.07, 6.45) is 7.53. The van der Waals surface area contributed by atoms with Crippen LogP contribution in [0.5, 0.6) is 5.75 Å². The Balaban J connectivity index is 1.61. The van der Waals surface area contributed by atoms with Crippen molar-refractivity contribution in [3.05, 3.63) is 47.5 Å². The molecule has 1 heterocycles. The number of aryl methyl sites for hydroxylation is 2. The van der Waals surface area contributed by atoms with Crippen LogP contribution in [0, 0.1) is 13.8 Å². The summed E-state index contributed by atoms with van der Waals surface area (Å²) in [7, 11) is 0. The summed E-state index contributed by atoms with van der Waals surface area (Å²) in [6.45, 7) is 7.33. The second-order valence-corrected chi connectivity index (χ2v) is 7.35. The van der Waals surface area contributed by atoms with Gasteiger partial charge in [0.05, 0.1) is 6.61 Å². The van der Waals surface area contributed by atoms with Gasteiger partial charge in [0.25, 0.3) is 0 Å². The number of hydrogen-bond donors (Lipinski definition) is 0. The number of unbranched alkanes of at least 4 members (excludes halogenated alkanes) is 5. The molecule has 0 aliphatic rings. The average molecular weight is 382 g/mol. The van der Waals surface area contributed by atoms with Crippen molar-refractivity contribution >= 4 is 11.0 Å². The Kier molecular flexibility index (Phi) is 7.43. The predicted molar refractivity (Wildman–Crippen MR) is 113 cm³/mol. The van der Waals surface area contributed by atoms with Gasteiger partial charge in [0.2, 0.25) is 0 Å². The smallest absolute Gasteiger partial charge is 0.189 e. The van der Waals surface area contributed by atoms with E-state index in [0.717, 1.165) is 46.6 Å². The van der Waals surface area contributed by atoms with Crippen LogP contribution in [0.3, 0.4) is 0 Å². The van der Waals surface area contributed by atoms with Crippen molar-refractivity contribution in [1.29, 1.82) is 0 Å². The highest BCUT2D eigenvalue weighted by Crippen LogP contribution is 2.28. The Bertz CT molecular complexity index is 856. The van der Waals surface area contributed by atoms with Crippen LogP contribution in [0.25, 0.3) is 16.7 Å². The maximum atomic E-state index is 6.00. The Morgan fingerprint density at radius 2 is 1.57 bits per heavy atom. The topological polar surface area (TPSA) is 49.2 Å². The second kappa shape index (κ2) is 10.2. The largest absolute Gasteiger partial charge is 0.465 e. The van der Waals surface area contributed by atoms with Gasteiger partial charge in [-0.3, -0.25) is 0 Å². The lowest BCUT2D eigenvalue weighted by Crippen LogP contribution is -2.09. The van der Waals surface area contributed by atoms with Crippen LogP contribution < -0.4 is 4.74 Å². The van der Waals surface area contributed by atoms with E-state index in [1.54, 1.807) is 4.80 Å². The zero-order chi connectivity index (χ0) is 19.8. The van der Waals surface area contributed by atoms with Crippen molar-refractivity contribution < 1.29 is 9.47 Å². The highest BCUT2D eigenvalue weighted by Gasteiger charge is 2.14. The van der Waals surface area contributed by atoms with Crippen molar-refractivity contribution in [1.82, 2.24) is 15.0 Å². The summed E-state index contributed by atoms with van der Waals surface area (Å²) in [5.41, 5.74) is 4.78. The van der Waals surface area contributed by atoms with Gasteiger partial charge >= 0.3 is 0 Å². The summed E-state index contributed by atoms with van der Waals surface area (Å²) in [5, 5.41) is 9.21. The molecule has 5 nitrogen and oxygen atoms in total. The lowest BCUT2D eigenvalue weighted by Gasteiger charge is -2.14. The van der Waals surface area contributed by atoms with E-state index in [-0.39, 0.29) is 6.79 Å². The quantitative estimate of drug-likeness (QED) is 0.313. The third-order valence-corrected chi connectivity index (χ3v) is 4.83. The molecule has 0 atom stereocenters. The molecule has 5 heteroatoms. The molecule has 0 spiro atoms. The molecule has 2 aromatic carbocycles. The van der Waals surface area contributed by atoms with Gasteiger partial charge in [-0.05, 0) is 49.6 Å². The molecule has 0 saturated carbocycles. The number of aromatic nitrogens is 3. The molecular formula is C23H31N3O2. The number of benzene rings is 2. The van der Waals surface area contributed by atoms with E-state index in [9.17, 15) is 0 Å². The number of fused-ring (bicyclic) bond motifs is 1. The first-order chi connectivity index (χ1) is 13.7. The number of ether oxygens (including phenoxy) is 2. The molecule has 3 rings (SSSR count). The van der Waals surface area contributed by atoms with Gasteiger partial charge in [-0.1, -0.05) is 57.2 Å². The fourth-order valence-electron chi connectivity index (χ4n) is 3.38. The van der Waals surface area contributed by atoms with Gasteiger partial charge in [-0.15, -0.1) is 15.0 Å². The molecule has 0 aliphatic carbocycles. The standard InChI is InChI=1S/C23H31N3O2/c1-4-5-6-7-8-11-14-27-17-28-23-19(3)15-18(2)16-22(23)26-24-20-12-9-10-13-21(20)25-26/h9-10,12-13,15-16H,4-8,11,14,17H2,1-3H3. The summed E-state index contributed by atoms with van der Waals surface area (Å²) in [5.74, 6) is 0.772. The molecule has 1 aromatic heterocycles. The summed E-state index contributed by atoms with van der Waals surface area (Å²) in [6, 6.07) is 12.0. The Morgan fingerprint density at radius 1 is 0.893 bits per heavy atom. The van der Waals surface area contributed by atoms with Crippen LogP contribution in [-0.2, 0) is 4.74 Å². The summed E-state index contributed by atoms with van der Waals surface area (Å²) in [4.78, 5) is 1.66. The number of nitrogens with zero attached hydrogens (tertiary/aromatic N) is 3. The third-order valence-electron chi connectivity index (χ3n) is 4.83. The zero-order valence-corrected chi connectivity index (χ0v) is 17.3. The third kappa shape index (κ3) is 5.32. The van der Waals surface area contributed by atoms with Crippen molar-refractivity contribution in [3.63, 3.8) is 0 Å². The van der Waals surface area contributed by atoms with Gasteiger partial charge < -0.3 is 9.47 Å². The Hall–Kier alpha value is -2.40. The van der Waals surface area contributed by atoms with Crippen LogP contribution >= 0.6 is 0 Å². The summed E-state index contributed by atoms with van der Waals surface area (Å²) >= 11 is 0. The average Bonchev–Trinajstić information content (AvgIpc) is 3.11. The van der Waals surface area contributed by atoms with E-state index in [0.29, 0.717) is 0 Å². The molecular weight excluding hydrogens is 350 g/mol. The van der Waals surface area contributed by atoms with Crippen molar-refractivity contribution in [2.75, 3.05) is 13.4 Å². The zero-order valence-electron chi connectivity index (χ0n) is 17.3.